The molecule has 1 amide bonds. The highest BCUT2D eigenvalue weighted by Gasteiger charge is 2.33. The van der Waals surface area contributed by atoms with Crippen LogP contribution >= 0.6 is 0 Å². The highest BCUT2D eigenvalue weighted by atomic mass is 19.4. The maximum absolute atomic E-state index is 13.1. The topological polar surface area (TPSA) is 117 Å². The highest BCUT2D eigenvalue weighted by Crippen LogP contribution is 2.30. The van der Waals surface area contributed by atoms with Crippen molar-refractivity contribution in [2.24, 2.45) is 0 Å². The van der Waals surface area contributed by atoms with E-state index in [0.717, 1.165) is 12.4 Å². The molecule has 9 nitrogen and oxygen atoms in total. The van der Waals surface area contributed by atoms with Gasteiger partial charge in [-0.3, -0.25) is 14.4 Å². The zero-order valence-electron chi connectivity index (χ0n) is 15.8. The number of nitrogens with zero attached hydrogens (tertiary/aromatic N) is 5. The standard InChI is InChI=1S/C19H14F3N7O2/c1-10-16(29-9-14(19(20,21)22)24-8-15(29)25-10)13-6-7-23-18(27-13)26-12-4-2-11(3-5-12)17(30)28-31/h2-9,31H,1H3,(H,28,30)(H,23,26,27). The monoisotopic (exact) mass is 429 g/mol. The van der Waals surface area contributed by atoms with Crippen molar-refractivity contribution in [2.75, 3.05) is 5.32 Å². The van der Waals surface area contributed by atoms with Crippen molar-refractivity contribution in [1.82, 2.24) is 29.8 Å². The molecule has 0 aliphatic carbocycles. The number of carbonyl (C=O) groups excluding carboxylic acids is 1. The summed E-state index contributed by atoms with van der Waals surface area (Å²) in [6, 6.07) is 7.70. The van der Waals surface area contributed by atoms with E-state index in [1.807, 2.05) is 0 Å². The summed E-state index contributed by atoms with van der Waals surface area (Å²) in [5.74, 6) is -0.461. The first kappa shape index (κ1) is 20.2. The number of carbonyl (C=O) groups is 1. The van der Waals surface area contributed by atoms with Gasteiger partial charge in [0.15, 0.2) is 11.3 Å². The lowest BCUT2D eigenvalue weighted by Crippen LogP contribution is -2.18. The van der Waals surface area contributed by atoms with Crippen molar-refractivity contribution < 1.29 is 23.2 Å². The zero-order valence-corrected chi connectivity index (χ0v) is 15.8. The number of hydrogen-bond acceptors (Lipinski definition) is 7. The van der Waals surface area contributed by atoms with Crippen molar-refractivity contribution in [3.63, 3.8) is 0 Å². The van der Waals surface area contributed by atoms with E-state index in [1.54, 1.807) is 25.1 Å². The van der Waals surface area contributed by atoms with Gasteiger partial charge in [-0.2, -0.15) is 13.2 Å². The molecule has 3 heterocycles. The Bertz CT molecular complexity index is 1270. The highest BCUT2D eigenvalue weighted by molar-refractivity contribution is 5.93. The van der Waals surface area contributed by atoms with E-state index in [0.29, 0.717) is 22.8 Å². The van der Waals surface area contributed by atoms with Gasteiger partial charge in [0.05, 0.1) is 23.3 Å². The Balaban J connectivity index is 1.69. The molecule has 0 saturated heterocycles. The second-order valence-corrected chi connectivity index (χ2v) is 6.45. The smallest absolute Gasteiger partial charge is 0.324 e. The van der Waals surface area contributed by atoms with Gasteiger partial charge in [-0.05, 0) is 37.3 Å². The van der Waals surface area contributed by atoms with Gasteiger partial charge in [-0.15, -0.1) is 0 Å². The third-order valence-corrected chi connectivity index (χ3v) is 4.38. The Kier molecular flexibility index (Phi) is 4.99. The molecule has 3 N–H and O–H groups in total. The number of amides is 1. The fourth-order valence-electron chi connectivity index (χ4n) is 2.98. The molecule has 0 bridgehead atoms. The first-order chi connectivity index (χ1) is 14.8. The van der Waals surface area contributed by atoms with E-state index in [-0.39, 0.29) is 17.2 Å². The predicted octanol–water partition coefficient (Wildman–Crippen LogP) is 3.38. The van der Waals surface area contributed by atoms with Crippen molar-refractivity contribution in [3.8, 4) is 11.4 Å². The molecule has 0 aliphatic rings. The fraction of sp³-hybridized carbons (Fsp3) is 0.105. The van der Waals surface area contributed by atoms with Gasteiger partial charge in [0.1, 0.15) is 0 Å². The first-order valence-corrected chi connectivity index (χ1v) is 8.83. The van der Waals surface area contributed by atoms with Gasteiger partial charge in [0.2, 0.25) is 5.95 Å². The maximum Gasteiger partial charge on any atom is 0.434 e. The summed E-state index contributed by atoms with van der Waals surface area (Å²) in [6.45, 7) is 1.66. The first-order valence-electron chi connectivity index (χ1n) is 8.83. The second-order valence-electron chi connectivity index (χ2n) is 6.45. The van der Waals surface area contributed by atoms with Crippen LogP contribution in [-0.2, 0) is 6.18 Å². The largest absolute Gasteiger partial charge is 0.434 e. The quantitative estimate of drug-likeness (QED) is 0.336. The van der Waals surface area contributed by atoms with Crippen LogP contribution in [0.25, 0.3) is 17.0 Å². The number of anilines is 2. The number of rotatable bonds is 4. The molecule has 4 rings (SSSR count). The van der Waals surface area contributed by atoms with Crippen molar-refractivity contribution in [2.45, 2.75) is 13.1 Å². The van der Waals surface area contributed by atoms with E-state index in [2.05, 4.69) is 25.3 Å². The molecule has 1 aromatic carbocycles. The lowest BCUT2D eigenvalue weighted by atomic mass is 10.2. The van der Waals surface area contributed by atoms with E-state index in [1.165, 1.54) is 28.2 Å². The third-order valence-electron chi connectivity index (χ3n) is 4.38. The summed E-state index contributed by atoms with van der Waals surface area (Å²) in [5, 5.41) is 11.6. The summed E-state index contributed by atoms with van der Waals surface area (Å²) in [5.41, 5.74) is 2.77. The van der Waals surface area contributed by atoms with Crippen LogP contribution in [0.4, 0.5) is 24.8 Å². The lowest BCUT2D eigenvalue weighted by molar-refractivity contribution is -0.141. The minimum atomic E-state index is -4.60. The molecule has 4 aromatic rings. The summed E-state index contributed by atoms with van der Waals surface area (Å²) in [6.07, 6.45) is -1.20. The molecule has 31 heavy (non-hydrogen) atoms. The van der Waals surface area contributed by atoms with E-state index in [4.69, 9.17) is 5.21 Å². The Labute approximate surface area is 172 Å². The molecule has 0 radical (unpaired) electrons. The van der Waals surface area contributed by atoms with Crippen LogP contribution in [0.1, 0.15) is 21.7 Å². The molecule has 0 fully saturated rings. The van der Waals surface area contributed by atoms with Crippen LogP contribution in [0.15, 0.2) is 48.9 Å². The maximum atomic E-state index is 13.1. The van der Waals surface area contributed by atoms with E-state index < -0.39 is 17.8 Å². The Morgan fingerprint density at radius 2 is 1.84 bits per heavy atom. The molecule has 158 valence electrons. The minimum Gasteiger partial charge on any atom is -0.324 e. The summed E-state index contributed by atoms with van der Waals surface area (Å²) >= 11 is 0. The van der Waals surface area contributed by atoms with Gasteiger partial charge >= 0.3 is 6.18 Å². The van der Waals surface area contributed by atoms with E-state index >= 15 is 0 Å². The molecule has 0 unspecified atom stereocenters. The Morgan fingerprint density at radius 1 is 1.10 bits per heavy atom. The molecule has 0 spiro atoms. The number of imidazole rings is 1. The molecule has 0 atom stereocenters. The SMILES string of the molecule is Cc1nc2cnc(C(F)(F)F)cn2c1-c1ccnc(Nc2ccc(C(=O)NO)cc2)n1. The Morgan fingerprint density at radius 3 is 2.52 bits per heavy atom. The molecular formula is C19H14F3N7O2. The number of hydrogen-bond donors (Lipinski definition) is 3. The van der Waals surface area contributed by atoms with Crippen LogP contribution in [0.2, 0.25) is 0 Å². The van der Waals surface area contributed by atoms with Gasteiger partial charge in [-0.25, -0.2) is 25.4 Å². The molecule has 0 aliphatic heterocycles. The van der Waals surface area contributed by atoms with Gasteiger partial charge < -0.3 is 5.32 Å². The normalized spacial score (nSPS) is 11.5. The number of fused-ring (bicyclic) bond motifs is 1. The predicted molar refractivity (Wildman–Crippen MR) is 103 cm³/mol. The number of hydroxylamine groups is 1. The van der Waals surface area contributed by atoms with E-state index in [9.17, 15) is 18.0 Å². The summed E-state index contributed by atoms with van der Waals surface area (Å²) < 4.78 is 40.6. The fourth-order valence-corrected chi connectivity index (χ4v) is 2.98. The van der Waals surface area contributed by atoms with Crippen LogP contribution in [0.5, 0.6) is 0 Å². The minimum absolute atomic E-state index is 0.191. The second kappa shape index (κ2) is 7.65. The Hall–Kier alpha value is -4.06. The molecule has 12 heteroatoms. The van der Waals surface area contributed by atoms with Crippen molar-refractivity contribution in [3.05, 3.63) is 65.9 Å². The molecular weight excluding hydrogens is 415 g/mol. The van der Waals surface area contributed by atoms with Crippen molar-refractivity contribution in [1.29, 1.82) is 0 Å². The number of benzene rings is 1. The average Bonchev–Trinajstić information content (AvgIpc) is 3.08. The van der Waals surface area contributed by atoms with Crippen LogP contribution in [-0.4, -0.2) is 35.5 Å². The van der Waals surface area contributed by atoms with Crippen LogP contribution < -0.4 is 10.8 Å². The lowest BCUT2D eigenvalue weighted by Gasteiger charge is -2.09. The van der Waals surface area contributed by atoms with Gasteiger partial charge in [0.25, 0.3) is 5.91 Å². The van der Waals surface area contributed by atoms with Crippen LogP contribution in [0, 0.1) is 6.92 Å². The number of aryl methyl sites for hydroxylation is 1. The number of aromatic nitrogens is 5. The third kappa shape index (κ3) is 4.00. The summed E-state index contributed by atoms with van der Waals surface area (Å²) in [4.78, 5) is 27.6. The van der Waals surface area contributed by atoms with Gasteiger partial charge in [-0.1, -0.05) is 0 Å². The number of halogens is 3. The molecule has 3 aromatic heterocycles. The molecule has 0 saturated carbocycles. The van der Waals surface area contributed by atoms with Gasteiger partial charge in [0, 0.05) is 23.6 Å². The summed E-state index contributed by atoms with van der Waals surface area (Å²) in [7, 11) is 0. The average molecular weight is 429 g/mol. The number of nitrogens with one attached hydrogen (secondary N) is 2. The zero-order chi connectivity index (χ0) is 22.2. The van der Waals surface area contributed by atoms with Crippen LogP contribution in [0.3, 0.4) is 0 Å². The number of alkyl halides is 3. The van der Waals surface area contributed by atoms with Crippen molar-refractivity contribution >= 4 is 23.2 Å².